The summed E-state index contributed by atoms with van der Waals surface area (Å²) in [5, 5.41) is 6.04. The molecule has 1 heterocycles. The largest absolute Gasteiger partial charge is 0.495 e. The summed E-state index contributed by atoms with van der Waals surface area (Å²) in [5.41, 5.74) is 3.53. The Balaban J connectivity index is 1.67. The molecule has 2 aromatic rings. The van der Waals surface area contributed by atoms with E-state index in [1.807, 2.05) is 54.3 Å². The van der Waals surface area contributed by atoms with E-state index in [0.29, 0.717) is 11.4 Å². The van der Waals surface area contributed by atoms with Gasteiger partial charge in [-0.1, -0.05) is 45.0 Å². The summed E-state index contributed by atoms with van der Waals surface area (Å²) in [6.45, 7) is 9.24. The second-order valence-corrected chi connectivity index (χ2v) is 9.17. The third-order valence-corrected chi connectivity index (χ3v) is 5.64. The van der Waals surface area contributed by atoms with E-state index in [-0.39, 0.29) is 29.8 Å². The lowest BCUT2D eigenvalue weighted by Crippen LogP contribution is -2.43. The van der Waals surface area contributed by atoms with Gasteiger partial charge in [0.25, 0.3) is 0 Å². The van der Waals surface area contributed by atoms with Gasteiger partial charge >= 0.3 is 0 Å². The molecule has 0 spiro atoms. The first-order chi connectivity index (χ1) is 14.7. The van der Waals surface area contributed by atoms with Crippen molar-refractivity contribution in [2.45, 2.75) is 52.0 Å². The zero-order valence-electron chi connectivity index (χ0n) is 19.1. The number of hydrogen-bond donors (Lipinski definition) is 2. The quantitative estimate of drug-likeness (QED) is 0.725. The third-order valence-electron chi connectivity index (χ3n) is 5.64. The van der Waals surface area contributed by atoms with Gasteiger partial charge in [0.15, 0.2) is 0 Å². The van der Waals surface area contributed by atoms with Gasteiger partial charge in [-0.2, -0.15) is 0 Å². The van der Waals surface area contributed by atoms with Crippen molar-refractivity contribution in [3.63, 3.8) is 0 Å². The Morgan fingerprint density at radius 2 is 1.84 bits per heavy atom. The normalized spacial score (nSPS) is 16.7. The maximum absolute atomic E-state index is 13.0. The molecule has 6 nitrogen and oxygen atoms in total. The molecule has 0 bridgehead atoms. The van der Waals surface area contributed by atoms with Crippen LogP contribution in [0.25, 0.3) is 0 Å². The average molecular weight is 424 g/mol. The van der Waals surface area contributed by atoms with Gasteiger partial charge in [0.1, 0.15) is 5.75 Å². The van der Waals surface area contributed by atoms with Gasteiger partial charge < -0.3 is 15.4 Å². The van der Waals surface area contributed by atoms with Crippen LogP contribution in [0.1, 0.15) is 44.7 Å². The molecule has 6 heteroatoms. The lowest BCUT2D eigenvalue weighted by atomic mass is 9.86. The van der Waals surface area contributed by atoms with Crippen LogP contribution >= 0.6 is 0 Å². The summed E-state index contributed by atoms with van der Waals surface area (Å²) in [4.78, 5) is 27.8. The van der Waals surface area contributed by atoms with E-state index < -0.39 is 0 Å². The lowest BCUT2D eigenvalue weighted by molar-refractivity contribution is -0.122. The average Bonchev–Trinajstić information content (AvgIpc) is 3.16. The van der Waals surface area contributed by atoms with E-state index in [9.17, 15) is 9.59 Å². The summed E-state index contributed by atoms with van der Waals surface area (Å²) in [6.07, 6.45) is 1.61. The number of anilines is 2. The van der Waals surface area contributed by atoms with Crippen molar-refractivity contribution in [2.75, 3.05) is 30.8 Å². The van der Waals surface area contributed by atoms with Crippen molar-refractivity contribution >= 4 is 23.2 Å². The van der Waals surface area contributed by atoms with Crippen LogP contribution in [-0.4, -0.2) is 43.0 Å². The fraction of sp³-hybridized carbons (Fsp3) is 0.440. The fourth-order valence-electron chi connectivity index (χ4n) is 4.07. The molecule has 0 aromatic heterocycles. The van der Waals surface area contributed by atoms with Crippen LogP contribution in [0.15, 0.2) is 42.5 Å². The molecule has 1 unspecified atom stereocenters. The first-order valence-electron chi connectivity index (χ1n) is 10.8. The zero-order valence-corrected chi connectivity index (χ0v) is 19.1. The number of hydrogen-bond acceptors (Lipinski definition) is 4. The van der Waals surface area contributed by atoms with E-state index in [2.05, 4.69) is 31.4 Å². The number of nitrogens with one attached hydrogen (secondary N) is 2. The van der Waals surface area contributed by atoms with Crippen molar-refractivity contribution in [3.05, 3.63) is 53.6 Å². The molecule has 3 rings (SSSR count). The standard InChI is InChI=1S/C25H33N3O3/c1-17-12-13-22(31-5)20(15-17)27-24(30)21-11-8-14-28(21)16-23(29)26-19-10-7-6-9-18(19)25(2,3)4/h6-7,9-10,12-13,15,21H,8,11,14,16H2,1-5H3,(H,26,29)(H,27,30). The number of likely N-dealkylation sites (tertiary alicyclic amines) is 1. The Morgan fingerprint density at radius 1 is 1.10 bits per heavy atom. The van der Waals surface area contributed by atoms with Gasteiger partial charge in [0, 0.05) is 5.69 Å². The summed E-state index contributed by atoms with van der Waals surface area (Å²) in [6, 6.07) is 13.2. The predicted molar refractivity (Wildman–Crippen MR) is 125 cm³/mol. The Bertz CT molecular complexity index is 949. The highest BCUT2D eigenvalue weighted by atomic mass is 16.5. The van der Waals surface area contributed by atoms with E-state index in [1.165, 1.54) is 0 Å². The van der Waals surface area contributed by atoms with Gasteiger partial charge in [0.05, 0.1) is 25.4 Å². The van der Waals surface area contributed by atoms with Crippen LogP contribution in [0.2, 0.25) is 0 Å². The highest BCUT2D eigenvalue weighted by molar-refractivity contribution is 5.98. The molecule has 1 fully saturated rings. The lowest BCUT2D eigenvalue weighted by Gasteiger charge is -2.25. The van der Waals surface area contributed by atoms with Crippen molar-refractivity contribution < 1.29 is 14.3 Å². The molecule has 2 N–H and O–H groups in total. The smallest absolute Gasteiger partial charge is 0.241 e. The van der Waals surface area contributed by atoms with Crippen molar-refractivity contribution in [3.8, 4) is 5.75 Å². The van der Waals surface area contributed by atoms with Crippen LogP contribution in [0.5, 0.6) is 5.75 Å². The topological polar surface area (TPSA) is 70.7 Å². The Kier molecular flexibility index (Phi) is 7.01. The first-order valence-corrected chi connectivity index (χ1v) is 10.8. The van der Waals surface area contributed by atoms with E-state index in [1.54, 1.807) is 7.11 Å². The van der Waals surface area contributed by atoms with Crippen molar-refractivity contribution in [1.29, 1.82) is 0 Å². The maximum atomic E-state index is 13.0. The highest BCUT2D eigenvalue weighted by Gasteiger charge is 2.32. The molecule has 1 saturated heterocycles. The summed E-state index contributed by atoms with van der Waals surface area (Å²) in [7, 11) is 1.59. The van der Waals surface area contributed by atoms with E-state index in [0.717, 1.165) is 36.2 Å². The highest BCUT2D eigenvalue weighted by Crippen LogP contribution is 2.30. The van der Waals surface area contributed by atoms with Crippen LogP contribution in [0, 0.1) is 6.92 Å². The van der Waals surface area contributed by atoms with Crippen LogP contribution < -0.4 is 15.4 Å². The van der Waals surface area contributed by atoms with Gasteiger partial charge in [-0.25, -0.2) is 0 Å². The molecular weight excluding hydrogens is 390 g/mol. The number of amides is 2. The second-order valence-electron chi connectivity index (χ2n) is 9.17. The molecule has 0 aliphatic carbocycles. The molecule has 166 valence electrons. The monoisotopic (exact) mass is 423 g/mol. The van der Waals surface area contributed by atoms with Crippen LogP contribution in [0.4, 0.5) is 11.4 Å². The molecule has 1 aliphatic heterocycles. The molecule has 0 saturated carbocycles. The van der Waals surface area contributed by atoms with Crippen LogP contribution in [0.3, 0.4) is 0 Å². The maximum Gasteiger partial charge on any atom is 0.241 e. The molecule has 31 heavy (non-hydrogen) atoms. The minimum atomic E-state index is -0.339. The summed E-state index contributed by atoms with van der Waals surface area (Å²) < 4.78 is 5.37. The Hall–Kier alpha value is -2.86. The number of para-hydroxylation sites is 1. The predicted octanol–water partition coefficient (Wildman–Crippen LogP) is 4.34. The molecule has 2 aromatic carbocycles. The second kappa shape index (κ2) is 9.52. The van der Waals surface area contributed by atoms with E-state index in [4.69, 9.17) is 4.74 Å². The van der Waals surface area contributed by atoms with E-state index >= 15 is 0 Å². The Labute approximate surface area is 185 Å². The number of aryl methyl sites for hydroxylation is 1. The van der Waals surface area contributed by atoms with Crippen molar-refractivity contribution in [1.82, 2.24) is 4.90 Å². The number of carbonyl (C=O) groups is 2. The Morgan fingerprint density at radius 3 is 2.55 bits per heavy atom. The number of methoxy groups -OCH3 is 1. The molecular formula is C25H33N3O3. The number of rotatable bonds is 6. The molecule has 1 aliphatic rings. The number of ether oxygens (including phenoxy) is 1. The summed E-state index contributed by atoms with van der Waals surface area (Å²) >= 11 is 0. The number of carbonyl (C=O) groups excluding carboxylic acids is 2. The molecule has 1 atom stereocenters. The van der Waals surface area contributed by atoms with Crippen molar-refractivity contribution in [2.24, 2.45) is 0 Å². The van der Waals surface area contributed by atoms with Gasteiger partial charge in [-0.15, -0.1) is 0 Å². The minimum Gasteiger partial charge on any atom is -0.495 e. The van der Waals surface area contributed by atoms with Gasteiger partial charge in [-0.05, 0) is 61.1 Å². The molecule has 2 amide bonds. The third kappa shape index (κ3) is 5.64. The number of nitrogens with zero attached hydrogens (tertiary/aromatic N) is 1. The van der Waals surface area contributed by atoms with Gasteiger partial charge in [-0.3, -0.25) is 14.5 Å². The first kappa shape index (κ1) is 22.8. The van der Waals surface area contributed by atoms with Crippen LogP contribution in [-0.2, 0) is 15.0 Å². The fourth-order valence-corrected chi connectivity index (χ4v) is 4.07. The summed E-state index contributed by atoms with van der Waals surface area (Å²) in [5.74, 6) is 0.411. The SMILES string of the molecule is COc1ccc(C)cc1NC(=O)C1CCCN1CC(=O)Nc1ccccc1C(C)(C)C. The zero-order chi connectivity index (χ0) is 22.6. The number of benzene rings is 2. The molecule has 0 radical (unpaired) electrons. The minimum absolute atomic E-state index is 0.0766. The van der Waals surface area contributed by atoms with Gasteiger partial charge in [0.2, 0.25) is 11.8 Å².